The van der Waals surface area contributed by atoms with Gasteiger partial charge >= 0.3 is 0 Å². The second-order valence-corrected chi connectivity index (χ2v) is 4.84. The van der Waals surface area contributed by atoms with Crippen LogP contribution in [-0.2, 0) is 9.47 Å². The van der Waals surface area contributed by atoms with E-state index in [0.29, 0.717) is 0 Å². The Kier molecular flexibility index (Phi) is 6.60. The fourth-order valence-corrected chi connectivity index (χ4v) is 2.82. The highest BCUT2D eigenvalue weighted by atomic mass is 32.2. The second-order valence-electron chi connectivity index (χ2n) is 3.61. The maximum Gasteiger partial charge on any atom is 0.169 e. The lowest BCUT2D eigenvalue weighted by atomic mass is 10.0. The molecular formula is C10H21NO2S. The van der Waals surface area contributed by atoms with E-state index in [1.807, 2.05) is 0 Å². The summed E-state index contributed by atoms with van der Waals surface area (Å²) in [7, 11) is 3.35. The molecule has 0 aliphatic carbocycles. The van der Waals surface area contributed by atoms with Gasteiger partial charge in [0.15, 0.2) is 6.29 Å². The standard InChI is InChI=1S/C10H21NO2S/c1-12-10(13-2)8-11-7-9-3-5-14-6-4-9/h9-11H,3-8H2,1-2H3. The van der Waals surface area contributed by atoms with Crippen LogP contribution in [-0.4, -0.2) is 45.1 Å². The van der Waals surface area contributed by atoms with Gasteiger partial charge in [-0.15, -0.1) is 0 Å². The summed E-state index contributed by atoms with van der Waals surface area (Å²) in [6.07, 6.45) is 2.60. The third-order valence-electron chi connectivity index (χ3n) is 2.61. The summed E-state index contributed by atoms with van der Waals surface area (Å²) in [5, 5.41) is 3.40. The summed E-state index contributed by atoms with van der Waals surface area (Å²) < 4.78 is 10.2. The van der Waals surface area contributed by atoms with Crippen molar-refractivity contribution >= 4 is 11.8 Å². The Labute approximate surface area is 90.9 Å². The lowest BCUT2D eigenvalue weighted by Crippen LogP contribution is -2.34. The molecule has 0 atom stereocenters. The molecule has 1 aliphatic heterocycles. The minimum Gasteiger partial charge on any atom is -0.355 e. The maximum absolute atomic E-state index is 5.10. The molecule has 3 nitrogen and oxygen atoms in total. The number of ether oxygens (including phenoxy) is 2. The molecule has 0 aromatic heterocycles. The first-order chi connectivity index (χ1) is 6.86. The number of nitrogens with one attached hydrogen (secondary N) is 1. The molecule has 1 rings (SSSR count). The van der Waals surface area contributed by atoms with Gasteiger partial charge in [-0.1, -0.05) is 0 Å². The summed E-state index contributed by atoms with van der Waals surface area (Å²) in [6.45, 7) is 1.89. The number of hydrogen-bond acceptors (Lipinski definition) is 4. The zero-order valence-corrected chi connectivity index (χ0v) is 9.94. The molecule has 0 bridgehead atoms. The Hall–Kier alpha value is 0.230. The van der Waals surface area contributed by atoms with E-state index in [1.165, 1.54) is 24.3 Å². The fourth-order valence-electron chi connectivity index (χ4n) is 1.62. The van der Waals surface area contributed by atoms with Crippen LogP contribution in [0.25, 0.3) is 0 Å². The van der Waals surface area contributed by atoms with Gasteiger partial charge in [0.05, 0.1) is 0 Å². The normalized spacial score (nSPS) is 19.1. The van der Waals surface area contributed by atoms with Crippen LogP contribution in [0.3, 0.4) is 0 Å². The summed E-state index contributed by atoms with van der Waals surface area (Å²) >= 11 is 2.07. The van der Waals surface area contributed by atoms with Crippen molar-refractivity contribution in [1.82, 2.24) is 5.32 Å². The van der Waals surface area contributed by atoms with Crippen LogP contribution in [0.1, 0.15) is 12.8 Å². The average Bonchev–Trinajstić information content (AvgIpc) is 2.26. The monoisotopic (exact) mass is 219 g/mol. The van der Waals surface area contributed by atoms with E-state index >= 15 is 0 Å². The predicted molar refractivity (Wildman–Crippen MR) is 60.7 cm³/mol. The fraction of sp³-hybridized carbons (Fsp3) is 1.00. The first-order valence-electron chi connectivity index (χ1n) is 5.21. The van der Waals surface area contributed by atoms with E-state index < -0.39 is 0 Å². The molecule has 0 spiro atoms. The van der Waals surface area contributed by atoms with E-state index in [9.17, 15) is 0 Å². The van der Waals surface area contributed by atoms with Gasteiger partial charge in [-0.25, -0.2) is 0 Å². The van der Waals surface area contributed by atoms with Gasteiger partial charge < -0.3 is 14.8 Å². The molecule has 84 valence electrons. The van der Waals surface area contributed by atoms with Crippen LogP contribution in [0.15, 0.2) is 0 Å². The summed E-state index contributed by atoms with van der Waals surface area (Å²) in [6, 6.07) is 0. The Bertz CT molecular complexity index is 136. The number of hydrogen-bond donors (Lipinski definition) is 1. The maximum atomic E-state index is 5.10. The first-order valence-corrected chi connectivity index (χ1v) is 6.36. The van der Waals surface area contributed by atoms with E-state index in [2.05, 4.69) is 17.1 Å². The van der Waals surface area contributed by atoms with Gasteiger partial charge in [0.25, 0.3) is 0 Å². The minimum absolute atomic E-state index is 0.104. The molecular weight excluding hydrogens is 198 g/mol. The van der Waals surface area contributed by atoms with Crippen LogP contribution in [0, 0.1) is 5.92 Å². The molecule has 0 amide bonds. The quantitative estimate of drug-likeness (QED) is 0.683. The van der Waals surface area contributed by atoms with Crippen LogP contribution in [0.5, 0.6) is 0 Å². The second kappa shape index (κ2) is 7.51. The summed E-state index contributed by atoms with van der Waals surface area (Å²) in [4.78, 5) is 0. The van der Waals surface area contributed by atoms with E-state index in [-0.39, 0.29) is 6.29 Å². The minimum atomic E-state index is -0.104. The molecule has 0 unspecified atom stereocenters. The molecule has 1 saturated heterocycles. The van der Waals surface area contributed by atoms with Crippen molar-refractivity contribution < 1.29 is 9.47 Å². The molecule has 0 aromatic carbocycles. The highest BCUT2D eigenvalue weighted by Gasteiger charge is 2.13. The Morgan fingerprint density at radius 3 is 2.50 bits per heavy atom. The van der Waals surface area contributed by atoms with Gasteiger partial charge in [-0.05, 0) is 36.8 Å². The first kappa shape index (κ1) is 12.3. The van der Waals surface area contributed by atoms with Gasteiger partial charge in [-0.2, -0.15) is 11.8 Å². The van der Waals surface area contributed by atoms with E-state index in [0.717, 1.165) is 19.0 Å². The molecule has 1 N–H and O–H groups in total. The SMILES string of the molecule is COC(CNCC1CCSCC1)OC. The molecule has 1 fully saturated rings. The van der Waals surface area contributed by atoms with Crippen LogP contribution >= 0.6 is 11.8 Å². The third kappa shape index (κ3) is 4.64. The van der Waals surface area contributed by atoms with E-state index in [1.54, 1.807) is 14.2 Å². The third-order valence-corrected chi connectivity index (χ3v) is 3.66. The van der Waals surface area contributed by atoms with Crippen LogP contribution < -0.4 is 5.32 Å². The Morgan fingerprint density at radius 2 is 1.93 bits per heavy atom. The number of thioether (sulfide) groups is 1. The van der Waals surface area contributed by atoms with Crippen molar-refractivity contribution in [2.75, 3.05) is 38.8 Å². The number of rotatable bonds is 6. The lowest BCUT2D eigenvalue weighted by molar-refractivity contribution is -0.0989. The van der Waals surface area contributed by atoms with Gasteiger partial charge in [-0.3, -0.25) is 0 Å². The summed E-state index contributed by atoms with van der Waals surface area (Å²) in [5.41, 5.74) is 0. The largest absolute Gasteiger partial charge is 0.355 e. The van der Waals surface area contributed by atoms with Gasteiger partial charge in [0.2, 0.25) is 0 Å². The lowest BCUT2D eigenvalue weighted by Gasteiger charge is -2.22. The summed E-state index contributed by atoms with van der Waals surface area (Å²) in [5.74, 6) is 3.50. The predicted octanol–water partition coefficient (Wildman–Crippen LogP) is 1.34. The molecule has 14 heavy (non-hydrogen) atoms. The molecule has 0 radical (unpaired) electrons. The van der Waals surface area contributed by atoms with Crippen molar-refractivity contribution in [2.45, 2.75) is 19.1 Å². The average molecular weight is 219 g/mol. The van der Waals surface area contributed by atoms with Crippen molar-refractivity contribution in [2.24, 2.45) is 5.92 Å². The Balaban J connectivity index is 2.01. The van der Waals surface area contributed by atoms with Crippen molar-refractivity contribution in [3.05, 3.63) is 0 Å². The van der Waals surface area contributed by atoms with Crippen molar-refractivity contribution in [3.8, 4) is 0 Å². The molecule has 1 heterocycles. The van der Waals surface area contributed by atoms with Crippen LogP contribution in [0.2, 0.25) is 0 Å². The van der Waals surface area contributed by atoms with Gasteiger partial charge in [0.1, 0.15) is 0 Å². The van der Waals surface area contributed by atoms with E-state index in [4.69, 9.17) is 9.47 Å². The van der Waals surface area contributed by atoms with Crippen LogP contribution in [0.4, 0.5) is 0 Å². The van der Waals surface area contributed by atoms with Crippen molar-refractivity contribution in [3.63, 3.8) is 0 Å². The van der Waals surface area contributed by atoms with Gasteiger partial charge in [0, 0.05) is 20.8 Å². The zero-order valence-electron chi connectivity index (χ0n) is 9.12. The smallest absolute Gasteiger partial charge is 0.169 e. The molecule has 4 heteroatoms. The van der Waals surface area contributed by atoms with Crippen molar-refractivity contribution in [1.29, 1.82) is 0 Å². The Morgan fingerprint density at radius 1 is 1.29 bits per heavy atom. The molecule has 1 aliphatic rings. The molecule has 0 aromatic rings. The highest BCUT2D eigenvalue weighted by molar-refractivity contribution is 7.99. The zero-order chi connectivity index (χ0) is 10.2. The highest BCUT2D eigenvalue weighted by Crippen LogP contribution is 2.21. The number of methoxy groups -OCH3 is 2. The topological polar surface area (TPSA) is 30.5 Å². The molecule has 0 saturated carbocycles.